The molecule has 3 N–H and O–H groups in total. The molecular formula is C13H22N4O3. The highest BCUT2D eigenvalue weighted by atomic mass is 16.4. The Labute approximate surface area is 118 Å². The van der Waals surface area contributed by atoms with Crippen LogP contribution in [0, 0.1) is 12.8 Å². The van der Waals surface area contributed by atoms with Crippen LogP contribution in [0.4, 0.5) is 4.79 Å². The molecule has 7 heteroatoms. The molecule has 1 unspecified atom stereocenters. The molecule has 1 heterocycles. The molecule has 112 valence electrons. The molecule has 0 spiro atoms. The van der Waals surface area contributed by atoms with E-state index in [1.165, 1.54) is 0 Å². The number of aryl methyl sites for hydroxylation is 1. The summed E-state index contributed by atoms with van der Waals surface area (Å²) in [6.45, 7) is 5.04. The van der Waals surface area contributed by atoms with E-state index in [9.17, 15) is 9.59 Å². The fraction of sp³-hybridized carbons (Fsp3) is 0.615. The molecule has 1 rings (SSSR count). The van der Waals surface area contributed by atoms with Gasteiger partial charge in [0.05, 0.1) is 18.7 Å². The lowest BCUT2D eigenvalue weighted by Gasteiger charge is -2.13. The quantitative estimate of drug-likeness (QED) is 0.662. The number of amides is 2. The lowest BCUT2D eigenvalue weighted by Crippen LogP contribution is -2.41. The molecule has 0 aliphatic rings. The summed E-state index contributed by atoms with van der Waals surface area (Å²) >= 11 is 0. The van der Waals surface area contributed by atoms with Crippen molar-refractivity contribution in [1.82, 2.24) is 20.4 Å². The Morgan fingerprint density at radius 2 is 2.20 bits per heavy atom. The molecule has 0 saturated heterocycles. The Kier molecular flexibility index (Phi) is 6.55. The van der Waals surface area contributed by atoms with Crippen LogP contribution in [-0.2, 0) is 11.3 Å². The maximum atomic E-state index is 11.5. The Morgan fingerprint density at radius 1 is 1.45 bits per heavy atom. The number of carboxylic acids is 1. The Morgan fingerprint density at radius 3 is 2.75 bits per heavy atom. The molecular weight excluding hydrogens is 260 g/mol. The van der Waals surface area contributed by atoms with Gasteiger partial charge < -0.3 is 15.7 Å². The molecule has 0 radical (unpaired) electrons. The summed E-state index contributed by atoms with van der Waals surface area (Å²) in [5.74, 6) is -1.40. The van der Waals surface area contributed by atoms with E-state index in [1.54, 1.807) is 10.9 Å². The summed E-state index contributed by atoms with van der Waals surface area (Å²) in [7, 11) is 0. The molecule has 0 bridgehead atoms. The lowest BCUT2D eigenvalue weighted by atomic mass is 10.0. The van der Waals surface area contributed by atoms with Crippen molar-refractivity contribution in [2.75, 3.05) is 13.1 Å². The minimum atomic E-state index is -0.876. The van der Waals surface area contributed by atoms with Crippen LogP contribution in [0.25, 0.3) is 0 Å². The third-order valence-corrected chi connectivity index (χ3v) is 2.88. The number of urea groups is 1. The topological polar surface area (TPSA) is 96.3 Å². The predicted octanol–water partition coefficient (Wildman–Crippen LogP) is 0.992. The molecule has 0 fully saturated rings. The fourth-order valence-electron chi connectivity index (χ4n) is 1.81. The van der Waals surface area contributed by atoms with Crippen LogP contribution in [0.3, 0.4) is 0 Å². The summed E-state index contributed by atoms with van der Waals surface area (Å²) in [5.41, 5.74) is 1.07. The number of hydrogen-bond donors (Lipinski definition) is 3. The van der Waals surface area contributed by atoms with Gasteiger partial charge in [-0.05, 0) is 18.9 Å². The first-order valence-corrected chi connectivity index (χ1v) is 6.76. The number of aromatic nitrogens is 2. The summed E-state index contributed by atoms with van der Waals surface area (Å²) in [6.07, 6.45) is 4.98. The monoisotopic (exact) mass is 282 g/mol. The smallest absolute Gasteiger partial charge is 0.314 e. The van der Waals surface area contributed by atoms with Crippen molar-refractivity contribution in [3.8, 4) is 0 Å². The highest BCUT2D eigenvalue weighted by molar-refractivity contribution is 5.75. The highest BCUT2D eigenvalue weighted by Gasteiger charge is 2.16. The van der Waals surface area contributed by atoms with Gasteiger partial charge in [-0.25, -0.2) is 4.79 Å². The van der Waals surface area contributed by atoms with Crippen molar-refractivity contribution in [2.24, 2.45) is 5.92 Å². The lowest BCUT2D eigenvalue weighted by molar-refractivity contribution is -0.141. The average molecular weight is 282 g/mol. The number of rotatable bonds is 8. The van der Waals surface area contributed by atoms with Crippen LogP contribution in [0.1, 0.15) is 25.3 Å². The Balaban J connectivity index is 2.21. The van der Waals surface area contributed by atoms with Gasteiger partial charge in [-0.1, -0.05) is 13.3 Å². The van der Waals surface area contributed by atoms with Crippen LogP contribution >= 0.6 is 0 Å². The first kappa shape index (κ1) is 16.0. The van der Waals surface area contributed by atoms with Crippen LogP contribution in [0.2, 0.25) is 0 Å². The van der Waals surface area contributed by atoms with E-state index < -0.39 is 11.9 Å². The van der Waals surface area contributed by atoms with Gasteiger partial charge in [0.1, 0.15) is 0 Å². The SMILES string of the molecule is CCCC(CNC(=O)NCCn1cc(C)cn1)C(=O)O. The Hall–Kier alpha value is -2.05. The maximum Gasteiger partial charge on any atom is 0.314 e. The molecule has 0 aliphatic heterocycles. The first-order chi connectivity index (χ1) is 9.52. The zero-order valence-electron chi connectivity index (χ0n) is 11.9. The van der Waals surface area contributed by atoms with E-state index in [4.69, 9.17) is 5.11 Å². The second-order valence-corrected chi connectivity index (χ2v) is 4.74. The number of nitrogens with one attached hydrogen (secondary N) is 2. The van der Waals surface area contributed by atoms with Crippen molar-refractivity contribution in [3.05, 3.63) is 18.0 Å². The normalized spacial score (nSPS) is 11.9. The van der Waals surface area contributed by atoms with Crippen molar-refractivity contribution < 1.29 is 14.7 Å². The third kappa shape index (κ3) is 5.73. The van der Waals surface area contributed by atoms with E-state index >= 15 is 0 Å². The molecule has 0 aliphatic carbocycles. The highest BCUT2D eigenvalue weighted by Crippen LogP contribution is 2.04. The van der Waals surface area contributed by atoms with Crippen LogP contribution in [-0.4, -0.2) is 40.0 Å². The van der Waals surface area contributed by atoms with Crippen molar-refractivity contribution in [2.45, 2.75) is 33.2 Å². The maximum absolute atomic E-state index is 11.5. The minimum Gasteiger partial charge on any atom is -0.481 e. The fourth-order valence-corrected chi connectivity index (χ4v) is 1.81. The van der Waals surface area contributed by atoms with E-state index in [0.29, 0.717) is 19.5 Å². The van der Waals surface area contributed by atoms with Gasteiger partial charge in [0, 0.05) is 19.3 Å². The molecule has 1 aromatic heterocycles. The number of aliphatic carboxylic acids is 1. The molecule has 7 nitrogen and oxygen atoms in total. The van der Waals surface area contributed by atoms with E-state index in [2.05, 4.69) is 15.7 Å². The summed E-state index contributed by atoms with van der Waals surface area (Å²) in [4.78, 5) is 22.4. The standard InChI is InChI=1S/C13H22N4O3/c1-3-4-11(12(18)19)8-15-13(20)14-5-6-17-9-10(2)7-16-17/h7,9,11H,3-6,8H2,1-2H3,(H,18,19)(H2,14,15,20). The number of hydrogen-bond acceptors (Lipinski definition) is 3. The average Bonchev–Trinajstić information content (AvgIpc) is 2.80. The molecule has 1 atom stereocenters. The summed E-state index contributed by atoms with van der Waals surface area (Å²) in [5, 5.41) is 18.3. The molecule has 0 saturated carbocycles. The second-order valence-electron chi connectivity index (χ2n) is 4.74. The van der Waals surface area contributed by atoms with Crippen molar-refractivity contribution >= 4 is 12.0 Å². The predicted molar refractivity (Wildman–Crippen MR) is 74.4 cm³/mol. The van der Waals surface area contributed by atoms with Gasteiger partial charge in [-0.2, -0.15) is 5.10 Å². The van der Waals surface area contributed by atoms with E-state index in [-0.39, 0.29) is 12.6 Å². The minimum absolute atomic E-state index is 0.149. The Bertz CT molecular complexity index is 445. The van der Waals surface area contributed by atoms with Gasteiger partial charge in [-0.3, -0.25) is 9.48 Å². The van der Waals surface area contributed by atoms with Crippen molar-refractivity contribution in [3.63, 3.8) is 0 Å². The third-order valence-electron chi connectivity index (χ3n) is 2.88. The molecule has 1 aromatic rings. The number of nitrogens with zero attached hydrogens (tertiary/aromatic N) is 2. The van der Waals surface area contributed by atoms with Crippen molar-refractivity contribution in [1.29, 1.82) is 0 Å². The molecule has 2 amide bonds. The molecule has 20 heavy (non-hydrogen) atoms. The van der Waals surface area contributed by atoms with E-state index in [1.807, 2.05) is 20.0 Å². The van der Waals surface area contributed by atoms with Crippen LogP contribution in [0.15, 0.2) is 12.4 Å². The number of carboxylic acid groups (broad SMARTS) is 1. The van der Waals surface area contributed by atoms with Gasteiger partial charge in [0.2, 0.25) is 0 Å². The second kappa shape index (κ2) is 8.19. The van der Waals surface area contributed by atoms with Gasteiger partial charge in [-0.15, -0.1) is 0 Å². The van der Waals surface area contributed by atoms with Gasteiger partial charge in [0.25, 0.3) is 0 Å². The zero-order valence-corrected chi connectivity index (χ0v) is 11.9. The van der Waals surface area contributed by atoms with Gasteiger partial charge >= 0.3 is 12.0 Å². The number of carbonyl (C=O) groups excluding carboxylic acids is 1. The number of carbonyl (C=O) groups is 2. The van der Waals surface area contributed by atoms with Crippen LogP contribution in [0.5, 0.6) is 0 Å². The molecule has 0 aromatic carbocycles. The largest absolute Gasteiger partial charge is 0.481 e. The van der Waals surface area contributed by atoms with E-state index in [0.717, 1.165) is 12.0 Å². The zero-order chi connectivity index (χ0) is 15.0. The van der Waals surface area contributed by atoms with Crippen LogP contribution < -0.4 is 10.6 Å². The first-order valence-electron chi connectivity index (χ1n) is 6.76. The summed E-state index contributed by atoms with van der Waals surface area (Å²) in [6, 6.07) is -0.351. The summed E-state index contributed by atoms with van der Waals surface area (Å²) < 4.78 is 1.74. The van der Waals surface area contributed by atoms with Gasteiger partial charge in [0.15, 0.2) is 0 Å².